The van der Waals surface area contributed by atoms with Crippen molar-refractivity contribution in [1.29, 1.82) is 0 Å². The van der Waals surface area contributed by atoms with E-state index in [1.54, 1.807) is 13.2 Å². The molecule has 0 bridgehead atoms. The lowest BCUT2D eigenvalue weighted by Crippen LogP contribution is -2.29. The van der Waals surface area contributed by atoms with E-state index >= 15 is 0 Å². The van der Waals surface area contributed by atoms with Gasteiger partial charge in [-0.2, -0.15) is 0 Å². The van der Waals surface area contributed by atoms with Crippen molar-refractivity contribution in [2.24, 2.45) is 0 Å². The van der Waals surface area contributed by atoms with E-state index in [-0.39, 0.29) is 5.91 Å². The van der Waals surface area contributed by atoms with Crippen LogP contribution in [-0.4, -0.2) is 32.1 Å². The summed E-state index contributed by atoms with van der Waals surface area (Å²) in [5, 5.41) is 6.33. The average Bonchev–Trinajstić information content (AvgIpc) is 2.99. The molecule has 1 saturated heterocycles. The molecule has 2 rings (SSSR count). The minimum Gasteiger partial charge on any atom is -0.497 e. The molecule has 0 aromatic heterocycles. The second-order valence-electron chi connectivity index (χ2n) is 4.98. The summed E-state index contributed by atoms with van der Waals surface area (Å²) in [5.74, 6) is 0.773. The molecule has 0 unspecified atom stereocenters. The Balaban J connectivity index is 1.70. The Morgan fingerprint density at radius 3 is 2.90 bits per heavy atom. The van der Waals surface area contributed by atoms with Gasteiger partial charge in [0.1, 0.15) is 5.75 Å². The first-order valence-electron chi connectivity index (χ1n) is 7.11. The van der Waals surface area contributed by atoms with Crippen LogP contribution in [0.3, 0.4) is 0 Å². The molecule has 0 spiro atoms. The molecule has 1 aromatic rings. The van der Waals surface area contributed by atoms with Crippen molar-refractivity contribution < 1.29 is 9.53 Å². The highest BCUT2D eigenvalue weighted by molar-refractivity contribution is 5.91. The highest BCUT2D eigenvalue weighted by Crippen LogP contribution is 2.12. The second-order valence-corrected chi connectivity index (χ2v) is 4.98. The number of hydrogen-bond donors (Lipinski definition) is 2. The molecule has 108 valence electrons. The number of methoxy groups -OCH3 is 1. The Morgan fingerprint density at radius 2 is 2.25 bits per heavy atom. The van der Waals surface area contributed by atoms with Gasteiger partial charge in [-0.05, 0) is 49.6 Å². The number of ether oxygens (including phenoxy) is 1. The fourth-order valence-corrected chi connectivity index (χ4v) is 2.32. The zero-order valence-electron chi connectivity index (χ0n) is 11.9. The van der Waals surface area contributed by atoms with Crippen molar-refractivity contribution in [3.05, 3.63) is 35.9 Å². The Labute approximate surface area is 120 Å². The van der Waals surface area contributed by atoms with Crippen LogP contribution in [0.25, 0.3) is 6.08 Å². The standard InChI is InChI=1S/C16H22N2O2/c1-20-15-7-4-13(5-8-15)6-9-16(19)18-12-10-14-3-2-11-17-14/h4-9,14,17H,2-3,10-12H2,1H3,(H,18,19)/b9-6+/t14-/m0/s1. The Bertz CT molecular complexity index is 448. The number of carbonyl (C=O) groups excluding carboxylic acids is 1. The largest absolute Gasteiger partial charge is 0.497 e. The monoisotopic (exact) mass is 274 g/mol. The van der Waals surface area contributed by atoms with Gasteiger partial charge in [0.15, 0.2) is 0 Å². The fraction of sp³-hybridized carbons (Fsp3) is 0.438. The van der Waals surface area contributed by atoms with E-state index in [2.05, 4.69) is 10.6 Å². The van der Waals surface area contributed by atoms with E-state index in [0.29, 0.717) is 6.04 Å². The zero-order chi connectivity index (χ0) is 14.2. The van der Waals surface area contributed by atoms with Gasteiger partial charge in [-0.1, -0.05) is 12.1 Å². The minimum absolute atomic E-state index is 0.0428. The van der Waals surface area contributed by atoms with Crippen LogP contribution in [0.5, 0.6) is 5.75 Å². The normalized spacial score (nSPS) is 18.4. The molecule has 0 aliphatic carbocycles. The molecule has 2 N–H and O–H groups in total. The third kappa shape index (κ3) is 4.70. The molecule has 4 heteroatoms. The fourth-order valence-electron chi connectivity index (χ4n) is 2.32. The van der Waals surface area contributed by atoms with Gasteiger partial charge in [0.2, 0.25) is 5.91 Å². The molecule has 1 aromatic carbocycles. The van der Waals surface area contributed by atoms with Crippen LogP contribution in [0.4, 0.5) is 0 Å². The van der Waals surface area contributed by atoms with Gasteiger partial charge in [0, 0.05) is 18.7 Å². The van der Waals surface area contributed by atoms with E-state index in [1.165, 1.54) is 12.8 Å². The van der Waals surface area contributed by atoms with E-state index in [1.807, 2.05) is 30.3 Å². The van der Waals surface area contributed by atoms with Gasteiger partial charge in [0.05, 0.1) is 7.11 Å². The first-order chi connectivity index (χ1) is 9.78. The van der Waals surface area contributed by atoms with Crippen LogP contribution in [-0.2, 0) is 4.79 Å². The molecule has 1 fully saturated rings. The third-order valence-corrected chi connectivity index (χ3v) is 3.50. The summed E-state index contributed by atoms with van der Waals surface area (Å²) in [6.45, 7) is 1.83. The summed E-state index contributed by atoms with van der Waals surface area (Å²) in [6.07, 6.45) is 6.85. The summed E-state index contributed by atoms with van der Waals surface area (Å²) >= 11 is 0. The number of carbonyl (C=O) groups is 1. The molecule has 1 heterocycles. The molecule has 0 radical (unpaired) electrons. The number of benzene rings is 1. The van der Waals surface area contributed by atoms with Crippen molar-refractivity contribution in [2.75, 3.05) is 20.2 Å². The summed E-state index contributed by atoms with van der Waals surface area (Å²) in [5.41, 5.74) is 0.985. The van der Waals surface area contributed by atoms with Crippen molar-refractivity contribution in [2.45, 2.75) is 25.3 Å². The maximum Gasteiger partial charge on any atom is 0.243 e. The quantitative estimate of drug-likeness (QED) is 0.780. The maximum absolute atomic E-state index is 11.7. The summed E-state index contributed by atoms with van der Waals surface area (Å²) < 4.78 is 5.09. The third-order valence-electron chi connectivity index (χ3n) is 3.50. The molecule has 4 nitrogen and oxygen atoms in total. The van der Waals surface area contributed by atoms with Crippen LogP contribution >= 0.6 is 0 Å². The van der Waals surface area contributed by atoms with Crippen LogP contribution in [0.2, 0.25) is 0 Å². The first-order valence-corrected chi connectivity index (χ1v) is 7.11. The van der Waals surface area contributed by atoms with Crippen LogP contribution in [0, 0.1) is 0 Å². The van der Waals surface area contributed by atoms with Gasteiger partial charge in [-0.3, -0.25) is 4.79 Å². The molecule has 1 aliphatic rings. The predicted molar refractivity (Wildman–Crippen MR) is 80.7 cm³/mol. The molecular weight excluding hydrogens is 252 g/mol. The average molecular weight is 274 g/mol. The van der Waals surface area contributed by atoms with Gasteiger partial charge in [-0.25, -0.2) is 0 Å². The summed E-state index contributed by atoms with van der Waals surface area (Å²) in [7, 11) is 1.64. The Hall–Kier alpha value is -1.81. The molecule has 1 amide bonds. The SMILES string of the molecule is COc1ccc(/C=C/C(=O)NCC[C@@H]2CCCN2)cc1. The molecule has 0 saturated carbocycles. The summed E-state index contributed by atoms with van der Waals surface area (Å²) in [4.78, 5) is 11.7. The lowest BCUT2D eigenvalue weighted by Gasteiger charge is -2.09. The van der Waals surface area contributed by atoms with Crippen LogP contribution in [0.1, 0.15) is 24.8 Å². The highest BCUT2D eigenvalue weighted by Gasteiger charge is 2.12. The number of rotatable bonds is 6. The Morgan fingerprint density at radius 1 is 1.45 bits per heavy atom. The van der Waals surface area contributed by atoms with E-state index < -0.39 is 0 Å². The van der Waals surface area contributed by atoms with E-state index in [0.717, 1.165) is 30.8 Å². The van der Waals surface area contributed by atoms with Gasteiger partial charge in [0.25, 0.3) is 0 Å². The van der Waals surface area contributed by atoms with Crippen LogP contribution in [0.15, 0.2) is 30.3 Å². The predicted octanol–water partition coefficient (Wildman–Crippen LogP) is 1.97. The molecular formula is C16H22N2O2. The Kier molecular flexibility index (Phi) is 5.62. The number of amides is 1. The second kappa shape index (κ2) is 7.70. The van der Waals surface area contributed by atoms with Crippen LogP contribution < -0.4 is 15.4 Å². The molecule has 1 atom stereocenters. The highest BCUT2D eigenvalue weighted by atomic mass is 16.5. The van der Waals surface area contributed by atoms with Crippen molar-refractivity contribution in [3.63, 3.8) is 0 Å². The number of hydrogen-bond acceptors (Lipinski definition) is 3. The van der Waals surface area contributed by atoms with Gasteiger partial charge >= 0.3 is 0 Å². The van der Waals surface area contributed by atoms with Crippen molar-refractivity contribution >= 4 is 12.0 Å². The summed E-state index contributed by atoms with van der Waals surface area (Å²) in [6, 6.07) is 8.17. The molecule has 1 aliphatic heterocycles. The lowest BCUT2D eigenvalue weighted by molar-refractivity contribution is -0.116. The topological polar surface area (TPSA) is 50.4 Å². The van der Waals surface area contributed by atoms with E-state index in [4.69, 9.17) is 4.74 Å². The smallest absolute Gasteiger partial charge is 0.243 e. The minimum atomic E-state index is -0.0428. The number of nitrogens with one attached hydrogen (secondary N) is 2. The van der Waals surface area contributed by atoms with Crippen molar-refractivity contribution in [3.8, 4) is 5.75 Å². The van der Waals surface area contributed by atoms with Gasteiger partial charge in [-0.15, -0.1) is 0 Å². The van der Waals surface area contributed by atoms with E-state index in [9.17, 15) is 4.79 Å². The first kappa shape index (κ1) is 14.6. The maximum atomic E-state index is 11.7. The zero-order valence-corrected chi connectivity index (χ0v) is 11.9. The van der Waals surface area contributed by atoms with Gasteiger partial charge < -0.3 is 15.4 Å². The molecule has 20 heavy (non-hydrogen) atoms. The lowest BCUT2D eigenvalue weighted by atomic mass is 10.1. The van der Waals surface area contributed by atoms with Crippen molar-refractivity contribution in [1.82, 2.24) is 10.6 Å².